The SMILES string of the molecule is CO[C@@]12CC[C@H](O)[C@H](C=CC(O)CC(C)CCC=C(C)C)[C@@H]1CC2=CCCC(=O)O. The van der Waals surface area contributed by atoms with Crippen LogP contribution in [0, 0.1) is 17.8 Å². The largest absolute Gasteiger partial charge is 0.481 e. The molecule has 0 bridgehead atoms. The average Bonchev–Trinajstić information content (AvgIpc) is 2.65. The van der Waals surface area contributed by atoms with Crippen LogP contribution in [0.5, 0.6) is 0 Å². The summed E-state index contributed by atoms with van der Waals surface area (Å²) in [6.45, 7) is 6.37. The van der Waals surface area contributed by atoms with Gasteiger partial charge in [0.25, 0.3) is 0 Å². The molecular weight excluding hydrogens is 380 g/mol. The molecule has 2 unspecified atom stereocenters. The average molecular weight is 421 g/mol. The molecule has 2 aliphatic rings. The van der Waals surface area contributed by atoms with Crippen LogP contribution in [-0.4, -0.2) is 46.2 Å². The number of allylic oxidation sites excluding steroid dienone is 3. The van der Waals surface area contributed by atoms with E-state index < -0.39 is 23.8 Å². The van der Waals surface area contributed by atoms with Crippen LogP contribution in [0.4, 0.5) is 0 Å². The molecule has 6 atom stereocenters. The number of carboxylic acid groups (broad SMARTS) is 1. The quantitative estimate of drug-likeness (QED) is 0.424. The zero-order valence-electron chi connectivity index (χ0n) is 19.0. The Kier molecular flexibility index (Phi) is 9.32. The Balaban J connectivity index is 1.96. The lowest BCUT2D eigenvalue weighted by Crippen LogP contribution is -2.59. The first-order valence-corrected chi connectivity index (χ1v) is 11.3. The molecular formula is C25H40O5. The van der Waals surface area contributed by atoms with E-state index >= 15 is 0 Å². The van der Waals surface area contributed by atoms with Crippen molar-refractivity contribution in [1.29, 1.82) is 0 Å². The molecule has 0 spiro atoms. The summed E-state index contributed by atoms with van der Waals surface area (Å²) in [6, 6.07) is 0. The van der Waals surface area contributed by atoms with Gasteiger partial charge in [-0.05, 0) is 70.3 Å². The van der Waals surface area contributed by atoms with Crippen LogP contribution < -0.4 is 0 Å². The molecule has 2 aliphatic carbocycles. The zero-order chi connectivity index (χ0) is 22.3. The van der Waals surface area contributed by atoms with Gasteiger partial charge in [0.1, 0.15) is 0 Å². The summed E-state index contributed by atoms with van der Waals surface area (Å²) in [5.74, 6) is -0.243. The summed E-state index contributed by atoms with van der Waals surface area (Å²) in [5.41, 5.74) is 2.09. The number of hydrogen-bond acceptors (Lipinski definition) is 4. The van der Waals surface area contributed by atoms with Gasteiger partial charge < -0.3 is 20.1 Å². The number of rotatable bonds is 11. The third-order valence-corrected chi connectivity index (χ3v) is 6.83. The highest BCUT2D eigenvalue weighted by Crippen LogP contribution is 2.57. The number of fused-ring (bicyclic) bond motifs is 1. The molecule has 0 aromatic heterocycles. The molecule has 0 radical (unpaired) electrons. The van der Waals surface area contributed by atoms with Gasteiger partial charge in [0.15, 0.2) is 0 Å². The van der Waals surface area contributed by atoms with Crippen molar-refractivity contribution in [2.24, 2.45) is 17.8 Å². The van der Waals surface area contributed by atoms with Crippen molar-refractivity contribution in [2.45, 2.75) is 89.9 Å². The maximum absolute atomic E-state index is 10.8. The second-order valence-electron chi connectivity index (χ2n) is 9.40. The molecule has 2 rings (SSSR count). The summed E-state index contributed by atoms with van der Waals surface area (Å²) < 4.78 is 5.93. The summed E-state index contributed by atoms with van der Waals surface area (Å²) in [5, 5.41) is 30.0. The van der Waals surface area contributed by atoms with E-state index in [1.165, 1.54) is 5.57 Å². The molecule has 0 aliphatic heterocycles. The van der Waals surface area contributed by atoms with Gasteiger partial charge >= 0.3 is 5.97 Å². The van der Waals surface area contributed by atoms with Crippen molar-refractivity contribution in [3.63, 3.8) is 0 Å². The Morgan fingerprint density at radius 2 is 2.07 bits per heavy atom. The second kappa shape index (κ2) is 11.3. The third kappa shape index (κ3) is 6.29. The van der Waals surface area contributed by atoms with Gasteiger partial charge in [0, 0.05) is 25.4 Å². The molecule has 2 saturated carbocycles. The van der Waals surface area contributed by atoms with E-state index in [1.54, 1.807) is 7.11 Å². The number of carboxylic acids is 1. The van der Waals surface area contributed by atoms with Crippen LogP contribution in [-0.2, 0) is 9.53 Å². The Morgan fingerprint density at radius 3 is 2.70 bits per heavy atom. The van der Waals surface area contributed by atoms with Crippen LogP contribution in [0.1, 0.15) is 72.1 Å². The molecule has 0 aromatic rings. The minimum atomic E-state index is -0.793. The predicted molar refractivity (Wildman–Crippen MR) is 119 cm³/mol. The van der Waals surface area contributed by atoms with Crippen molar-refractivity contribution in [3.8, 4) is 0 Å². The lowest BCUT2D eigenvalue weighted by Gasteiger charge is -2.58. The van der Waals surface area contributed by atoms with E-state index in [1.807, 2.05) is 18.2 Å². The smallest absolute Gasteiger partial charge is 0.303 e. The summed E-state index contributed by atoms with van der Waals surface area (Å²) in [7, 11) is 1.71. The van der Waals surface area contributed by atoms with Crippen LogP contribution >= 0.6 is 0 Å². The van der Waals surface area contributed by atoms with Crippen molar-refractivity contribution >= 4 is 5.97 Å². The van der Waals surface area contributed by atoms with Crippen molar-refractivity contribution in [3.05, 3.63) is 35.5 Å². The van der Waals surface area contributed by atoms with Crippen molar-refractivity contribution in [1.82, 2.24) is 0 Å². The molecule has 0 saturated heterocycles. The summed E-state index contributed by atoms with van der Waals surface area (Å²) in [4.78, 5) is 10.8. The number of aliphatic hydroxyl groups is 2. The predicted octanol–water partition coefficient (Wildman–Crippen LogP) is 4.64. The molecule has 0 aromatic carbocycles. The Morgan fingerprint density at radius 1 is 1.33 bits per heavy atom. The third-order valence-electron chi connectivity index (χ3n) is 6.83. The van der Waals surface area contributed by atoms with E-state index in [4.69, 9.17) is 9.84 Å². The number of carbonyl (C=O) groups is 1. The maximum Gasteiger partial charge on any atom is 0.303 e. The molecule has 0 amide bonds. The van der Waals surface area contributed by atoms with Crippen LogP contribution in [0.3, 0.4) is 0 Å². The number of methoxy groups -OCH3 is 1. The fourth-order valence-corrected chi connectivity index (χ4v) is 5.09. The van der Waals surface area contributed by atoms with Gasteiger partial charge in [-0.15, -0.1) is 0 Å². The monoisotopic (exact) mass is 420 g/mol. The first kappa shape index (κ1) is 24.8. The molecule has 5 nitrogen and oxygen atoms in total. The van der Waals surface area contributed by atoms with Gasteiger partial charge in [-0.1, -0.05) is 36.8 Å². The minimum absolute atomic E-state index is 0.0500. The summed E-state index contributed by atoms with van der Waals surface area (Å²) >= 11 is 0. The van der Waals surface area contributed by atoms with E-state index in [-0.39, 0.29) is 18.3 Å². The van der Waals surface area contributed by atoms with Crippen molar-refractivity contribution in [2.75, 3.05) is 7.11 Å². The highest BCUT2D eigenvalue weighted by Gasteiger charge is 2.57. The van der Waals surface area contributed by atoms with Gasteiger partial charge in [0.2, 0.25) is 0 Å². The van der Waals surface area contributed by atoms with E-state index in [2.05, 4.69) is 26.8 Å². The topological polar surface area (TPSA) is 87.0 Å². The molecule has 0 heterocycles. The molecule has 5 heteroatoms. The summed E-state index contributed by atoms with van der Waals surface area (Å²) in [6.07, 6.45) is 12.8. The molecule has 30 heavy (non-hydrogen) atoms. The Labute approximate surface area is 181 Å². The highest BCUT2D eigenvalue weighted by atomic mass is 16.5. The van der Waals surface area contributed by atoms with Crippen LogP contribution in [0.2, 0.25) is 0 Å². The number of ether oxygens (including phenoxy) is 1. The van der Waals surface area contributed by atoms with Crippen LogP contribution in [0.25, 0.3) is 0 Å². The molecule has 2 fully saturated rings. The number of aliphatic carboxylic acids is 1. The Bertz CT molecular complexity index is 660. The van der Waals surface area contributed by atoms with E-state index in [9.17, 15) is 15.0 Å². The van der Waals surface area contributed by atoms with E-state index in [0.717, 1.165) is 37.7 Å². The first-order valence-electron chi connectivity index (χ1n) is 11.3. The second-order valence-corrected chi connectivity index (χ2v) is 9.40. The number of aliphatic hydroxyl groups excluding tert-OH is 2. The van der Waals surface area contributed by atoms with Crippen LogP contribution in [0.15, 0.2) is 35.5 Å². The lowest BCUT2D eigenvalue weighted by molar-refractivity contribution is -0.141. The molecule has 3 N–H and O–H groups in total. The number of hydrogen-bond donors (Lipinski definition) is 3. The first-order chi connectivity index (χ1) is 14.2. The fraction of sp³-hybridized carbons (Fsp3) is 0.720. The highest BCUT2D eigenvalue weighted by molar-refractivity contribution is 5.66. The maximum atomic E-state index is 10.8. The lowest BCUT2D eigenvalue weighted by atomic mass is 9.53. The molecule has 170 valence electrons. The van der Waals surface area contributed by atoms with E-state index in [0.29, 0.717) is 18.8 Å². The zero-order valence-corrected chi connectivity index (χ0v) is 19.0. The standard InChI is InChI=1S/C25H40O5/c1-17(2)7-5-8-18(3)15-20(26)11-12-21-22-16-19(9-6-10-24(28)29)25(22,30-4)14-13-23(21)27/h7,9,11-12,18,20-23,26-27H,5-6,8,10,13-16H2,1-4H3,(H,28,29)/t18?,20?,21-,22+,23+,25-/m1/s1. The van der Waals surface area contributed by atoms with Gasteiger partial charge in [0.05, 0.1) is 17.8 Å². The van der Waals surface area contributed by atoms with Gasteiger partial charge in [-0.25, -0.2) is 0 Å². The normalized spacial score (nSPS) is 31.8. The van der Waals surface area contributed by atoms with Crippen molar-refractivity contribution < 1.29 is 24.9 Å². The minimum Gasteiger partial charge on any atom is -0.481 e. The van der Waals surface area contributed by atoms with Gasteiger partial charge in [-0.3, -0.25) is 4.79 Å². The fourth-order valence-electron chi connectivity index (χ4n) is 5.09. The van der Waals surface area contributed by atoms with Gasteiger partial charge in [-0.2, -0.15) is 0 Å². The Hall–Kier alpha value is -1.43.